The summed E-state index contributed by atoms with van der Waals surface area (Å²) in [5.41, 5.74) is 3.47. The van der Waals surface area contributed by atoms with Crippen LogP contribution in [0, 0.1) is 6.92 Å². The summed E-state index contributed by atoms with van der Waals surface area (Å²) in [6.45, 7) is 9.12. The fourth-order valence-corrected chi connectivity index (χ4v) is 1.89. The Morgan fingerprint density at radius 2 is 1.68 bits per heavy atom. The lowest BCUT2D eigenvalue weighted by molar-refractivity contribution is 0.301. The minimum absolute atomic E-state index is 0.177. The van der Waals surface area contributed by atoms with E-state index in [2.05, 4.69) is 37.9 Å². The van der Waals surface area contributed by atoms with E-state index in [0.29, 0.717) is 6.61 Å². The number of pyridine rings is 1. The predicted molar refractivity (Wildman–Crippen MR) is 78.4 cm³/mol. The van der Waals surface area contributed by atoms with Crippen molar-refractivity contribution in [3.63, 3.8) is 0 Å². The second-order valence-electron chi connectivity index (χ2n) is 5.83. The molecule has 0 N–H and O–H groups in total. The summed E-state index contributed by atoms with van der Waals surface area (Å²) in [7, 11) is 0. The van der Waals surface area contributed by atoms with Gasteiger partial charge in [-0.25, -0.2) is 0 Å². The maximum atomic E-state index is 5.75. The average molecular weight is 255 g/mol. The fraction of sp³-hybridized carbons (Fsp3) is 0.353. The van der Waals surface area contributed by atoms with Crippen molar-refractivity contribution in [1.82, 2.24) is 4.98 Å². The summed E-state index contributed by atoms with van der Waals surface area (Å²) in [4.78, 5) is 4.42. The summed E-state index contributed by atoms with van der Waals surface area (Å²) >= 11 is 0. The van der Waals surface area contributed by atoms with Crippen LogP contribution in [-0.2, 0) is 12.0 Å². The van der Waals surface area contributed by atoms with Crippen molar-refractivity contribution in [1.29, 1.82) is 0 Å². The fourth-order valence-electron chi connectivity index (χ4n) is 1.89. The van der Waals surface area contributed by atoms with Crippen LogP contribution in [0.5, 0.6) is 5.75 Å². The SMILES string of the molecule is Cc1cccc(COc2ccc(C(C)(C)C)cc2)n1. The number of rotatable bonds is 3. The van der Waals surface area contributed by atoms with Gasteiger partial charge >= 0.3 is 0 Å². The normalized spacial score (nSPS) is 11.4. The molecular weight excluding hydrogens is 234 g/mol. The van der Waals surface area contributed by atoms with Crippen molar-refractivity contribution in [2.24, 2.45) is 0 Å². The largest absolute Gasteiger partial charge is 0.487 e. The number of hydrogen-bond acceptors (Lipinski definition) is 2. The van der Waals surface area contributed by atoms with Gasteiger partial charge in [0.2, 0.25) is 0 Å². The zero-order valence-corrected chi connectivity index (χ0v) is 12.1. The summed E-state index contributed by atoms with van der Waals surface area (Å²) < 4.78 is 5.75. The standard InChI is InChI=1S/C17H21NO/c1-13-6-5-7-15(18-13)12-19-16-10-8-14(9-11-16)17(2,3)4/h5-11H,12H2,1-4H3. The molecule has 100 valence electrons. The first-order chi connectivity index (χ1) is 8.95. The van der Waals surface area contributed by atoms with E-state index >= 15 is 0 Å². The van der Waals surface area contributed by atoms with E-state index < -0.39 is 0 Å². The van der Waals surface area contributed by atoms with Crippen molar-refractivity contribution < 1.29 is 4.74 Å². The molecule has 19 heavy (non-hydrogen) atoms. The van der Waals surface area contributed by atoms with E-state index in [1.807, 2.05) is 37.3 Å². The van der Waals surface area contributed by atoms with Crippen molar-refractivity contribution in [2.45, 2.75) is 39.7 Å². The van der Waals surface area contributed by atoms with Crippen LogP contribution >= 0.6 is 0 Å². The Hall–Kier alpha value is -1.83. The van der Waals surface area contributed by atoms with Crippen molar-refractivity contribution in [3.8, 4) is 5.75 Å². The zero-order chi connectivity index (χ0) is 13.9. The van der Waals surface area contributed by atoms with Gasteiger partial charge in [-0.1, -0.05) is 39.0 Å². The third kappa shape index (κ3) is 3.82. The molecule has 0 aliphatic rings. The zero-order valence-electron chi connectivity index (χ0n) is 12.1. The minimum Gasteiger partial charge on any atom is -0.487 e. The van der Waals surface area contributed by atoms with Gasteiger partial charge in [-0.15, -0.1) is 0 Å². The van der Waals surface area contributed by atoms with Crippen LogP contribution in [0.3, 0.4) is 0 Å². The van der Waals surface area contributed by atoms with Crippen LogP contribution in [0.2, 0.25) is 0 Å². The Morgan fingerprint density at radius 3 is 2.26 bits per heavy atom. The molecule has 0 aliphatic heterocycles. The molecule has 0 radical (unpaired) electrons. The molecule has 2 rings (SSSR count). The molecule has 1 aromatic carbocycles. The summed E-state index contributed by atoms with van der Waals surface area (Å²) in [6.07, 6.45) is 0. The van der Waals surface area contributed by atoms with Gasteiger partial charge in [0.1, 0.15) is 12.4 Å². The lowest BCUT2D eigenvalue weighted by Gasteiger charge is -2.19. The van der Waals surface area contributed by atoms with Gasteiger partial charge in [0.15, 0.2) is 0 Å². The topological polar surface area (TPSA) is 22.1 Å². The molecule has 2 nitrogen and oxygen atoms in total. The molecule has 0 bridgehead atoms. The van der Waals surface area contributed by atoms with Crippen LogP contribution in [0.1, 0.15) is 37.7 Å². The summed E-state index contributed by atoms with van der Waals surface area (Å²) in [6, 6.07) is 14.3. The predicted octanol–water partition coefficient (Wildman–Crippen LogP) is 4.27. The minimum atomic E-state index is 0.177. The van der Waals surface area contributed by atoms with Gasteiger partial charge in [0.05, 0.1) is 5.69 Å². The molecule has 1 heterocycles. The number of ether oxygens (including phenoxy) is 1. The second-order valence-corrected chi connectivity index (χ2v) is 5.83. The van der Waals surface area contributed by atoms with Crippen molar-refractivity contribution in [3.05, 3.63) is 59.4 Å². The lowest BCUT2D eigenvalue weighted by Crippen LogP contribution is -2.10. The molecule has 0 aliphatic carbocycles. The Kier molecular flexibility index (Phi) is 3.89. The molecule has 0 atom stereocenters. The van der Waals surface area contributed by atoms with E-state index in [1.165, 1.54) is 5.56 Å². The van der Waals surface area contributed by atoms with Crippen molar-refractivity contribution in [2.75, 3.05) is 0 Å². The van der Waals surface area contributed by atoms with Gasteiger partial charge in [-0.05, 0) is 42.2 Å². The van der Waals surface area contributed by atoms with Crippen LogP contribution < -0.4 is 4.74 Å². The number of aryl methyl sites for hydroxylation is 1. The Labute approximate surface area is 115 Å². The summed E-state index contributed by atoms with van der Waals surface area (Å²) in [5.74, 6) is 0.885. The van der Waals surface area contributed by atoms with Crippen LogP contribution in [0.4, 0.5) is 0 Å². The molecule has 0 saturated carbocycles. The molecular formula is C17H21NO. The van der Waals surface area contributed by atoms with E-state index in [1.54, 1.807) is 0 Å². The maximum absolute atomic E-state index is 5.75. The Balaban J connectivity index is 2.01. The van der Waals surface area contributed by atoms with Gasteiger partial charge in [-0.3, -0.25) is 4.98 Å². The highest BCUT2D eigenvalue weighted by Gasteiger charge is 2.12. The first kappa shape index (κ1) is 13.6. The number of aromatic nitrogens is 1. The highest BCUT2D eigenvalue weighted by atomic mass is 16.5. The molecule has 0 amide bonds. The maximum Gasteiger partial charge on any atom is 0.130 e. The van der Waals surface area contributed by atoms with E-state index in [-0.39, 0.29) is 5.41 Å². The lowest BCUT2D eigenvalue weighted by atomic mass is 9.87. The van der Waals surface area contributed by atoms with Crippen molar-refractivity contribution >= 4 is 0 Å². The second kappa shape index (κ2) is 5.43. The Morgan fingerprint density at radius 1 is 1.00 bits per heavy atom. The van der Waals surface area contributed by atoms with E-state index in [0.717, 1.165) is 17.1 Å². The monoisotopic (exact) mass is 255 g/mol. The number of hydrogen-bond donors (Lipinski definition) is 0. The van der Waals surface area contributed by atoms with E-state index in [4.69, 9.17) is 4.74 Å². The highest BCUT2D eigenvalue weighted by Crippen LogP contribution is 2.24. The van der Waals surface area contributed by atoms with Gasteiger partial charge < -0.3 is 4.74 Å². The first-order valence-corrected chi connectivity index (χ1v) is 6.61. The Bertz CT molecular complexity index is 538. The highest BCUT2D eigenvalue weighted by molar-refractivity contribution is 5.31. The van der Waals surface area contributed by atoms with E-state index in [9.17, 15) is 0 Å². The summed E-state index contributed by atoms with van der Waals surface area (Å²) in [5, 5.41) is 0. The van der Waals surface area contributed by atoms with Gasteiger partial charge in [-0.2, -0.15) is 0 Å². The van der Waals surface area contributed by atoms with Gasteiger partial charge in [0.25, 0.3) is 0 Å². The average Bonchev–Trinajstić information content (AvgIpc) is 2.36. The molecule has 0 spiro atoms. The molecule has 0 unspecified atom stereocenters. The molecule has 1 aromatic heterocycles. The van der Waals surface area contributed by atoms with Crippen LogP contribution in [0.15, 0.2) is 42.5 Å². The number of nitrogens with zero attached hydrogens (tertiary/aromatic N) is 1. The molecule has 2 heteroatoms. The smallest absolute Gasteiger partial charge is 0.130 e. The molecule has 0 saturated heterocycles. The molecule has 0 fully saturated rings. The van der Waals surface area contributed by atoms with Gasteiger partial charge in [0, 0.05) is 5.69 Å². The quantitative estimate of drug-likeness (QED) is 0.817. The van der Waals surface area contributed by atoms with Crippen LogP contribution in [0.25, 0.3) is 0 Å². The number of benzene rings is 1. The third-order valence-electron chi connectivity index (χ3n) is 3.05. The van der Waals surface area contributed by atoms with Crippen LogP contribution in [-0.4, -0.2) is 4.98 Å². The molecule has 2 aromatic rings. The third-order valence-corrected chi connectivity index (χ3v) is 3.05. The first-order valence-electron chi connectivity index (χ1n) is 6.61.